The Morgan fingerprint density at radius 3 is 2.70 bits per heavy atom. The van der Waals surface area contributed by atoms with E-state index in [4.69, 9.17) is 0 Å². The number of nitrogens with one attached hydrogen (secondary N) is 1. The van der Waals surface area contributed by atoms with E-state index < -0.39 is 16.1 Å². The van der Waals surface area contributed by atoms with E-state index in [1.54, 1.807) is 29.9 Å². The Bertz CT molecular complexity index is 1070. The number of benzene rings is 1. The van der Waals surface area contributed by atoms with Crippen molar-refractivity contribution in [1.29, 1.82) is 0 Å². The molecule has 0 spiro atoms. The highest BCUT2D eigenvalue weighted by atomic mass is 32.2. The first-order valence-corrected chi connectivity index (χ1v) is 9.56. The number of phenolic OH excluding ortho intramolecular Hbond substituents is 1. The summed E-state index contributed by atoms with van der Waals surface area (Å²) in [5, 5.41) is 16.4. The number of anilines is 1. The number of phenols is 1. The molecule has 1 amide bonds. The number of aromatic hydroxyl groups is 1. The monoisotopic (exact) mass is 389 g/mol. The van der Waals surface area contributed by atoms with E-state index in [0.717, 1.165) is 4.31 Å². The van der Waals surface area contributed by atoms with Crippen molar-refractivity contribution >= 4 is 27.5 Å². The summed E-state index contributed by atoms with van der Waals surface area (Å²) in [6.07, 6.45) is 3.10. The summed E-state index contributed by atoms with van der Waals surface area (Å²) >= 11 is 0. The molecule has 2 N–H and O–H groups in total. The molecule has 3 rings (SSSR count). The van der Waals surface area contributed by atoms with Gasteiger partial charge in [-0.3, -0.25) is 9.48 Å². The molecule has 1 aliphatic rings. The summed E-state index contributed by atoms with van der Waals surface area (Å²) in [5.74, 6) is -0.657. The lowest BCUT2D eigenvalue weighted by molar-refractivity contribution is -0.113. The average Bonchev–Trinajstić information content (AvgIpc) is 2.98. The molecule has 1 aromatic carbocycles. The van der Waals surface area contributed by atoms with Gasteiger partial charge in [-0.05, 0) is 32.1 Å². The molecular weight excluding hydrogens is 370 g/mol. The van der Waals surface area contributed by atoms with E-state index in [0.29, 0.717) is 23.5 Å². The second kappa shape index (κ2) is 6.88. The fourth-order valence-electron chi connectivity index (χ4n) is 2.60. The SMILES string of the molecule is CCn1cc(C2=NS(=O)(=O)N(C)C(C(=O)Nc3cccc(O)c3)=C2)c(C)n1. The van der Waals surface area contributed by atoms with Gasteiger partial charge in [0.15, 0.2) is 0 Å². The zero-order valence-corrected chi connectivity index (χ0v) is 15.9. The van der Waals surface area contributed by atoms with E-state index in [9.17, 15) is 18.3 Å². The third-order valence-corrected chi connectivity index (χ3v) is 5.37. The van der Waals surface area contributed by atoms with Crippen LogP contribution < -0.4 is 5.32 Å². The number of carbonyl (C=O) groups excluding carboxylic acids is 1. The van der Waals surface area contributed by atoms with Gasteiger partial charge in [-0.15, -0.1) is 4.40 Å². The number of nitrogens with zero attached hydrogens (tertiary/aromatic N) is 4. The largest absolute Gasteiger partial charge is 0.508 e. The van der Waals surface area contributed by atoms with Crippen molar-refractivity contribution in [2.75, 3.05) is 12.4 Å². The number of allylic oxidation sites excluding steroid dienone is 1. The molecule has 0 unspecified atom stereocenters. The van der Waals surface area contributed by atoms with Gasteiger partial charge < -0.3 is 10.4 Å². The summed E-state index contributed by atoms with van der Waals surface area (Å²) in [6, 6.07) is 5.97. The molecule has 142 valence electrons. The number of amides is 1. The van der Waals surface area contributed by atoms with Crippen molar-refractivity contribution in [3.05, 3.63) is 53.5 Å². The molecule has 2 heterocycles. The number of likely N-dealkylation sites (N-methyl/N-ethyl adjacent to an activating group) is 1. The number of aryl methyl sites for hydroxylation is 2. The molecule has 9 nitrogen and oxygen atoms in total. The van der Waals surface area contributed by atoms with Gasteiger partial charge in [0.05, 0.1) is 11.4 Å². The normalized spacial score (nSPS) is 15.9. The molecule has 0 saturated carbocycles. The summed E-state index contributed by atoms with van der Waals surface area (Å²) in [6.45, 7) is 4.28. The topological polar surface area (TPSA) is 117 Å². The van der Waals surface area contributed by atoms with E-state index in [2.05, 4.69) is 14.8 Å². The molecule has 1 aromatic heterocycles. The smallest absolute Gasteiger partial charge is 0.345 e. The van der Waals surface area contributed by atoms with Gasteiger partial charge in [-0.1, -0.05) is 6.07 Å². The summed E-state index contributed by atoms with van der Waals surface area (Å²) in [5.41, 5.74) is 1.54. The maximum Gasteiger partial charge on any atom is 0.345 e. The lowest BCUT2D eigenvalue weighted by Crippen LogP contribution is -2.35. The summed E-state index contributed by atoms with van der Waals surface area (Å²) in [4.78, 5) is 12.7. The lowest BCUT2D eigenvalue weighted by Gasteiger charge is -2.23. The molecule has 0 fully saturated rings. The van der Waals surface area contributed by atoms with Gasteiger partial charge in [-0.2, -0.15) is 13.5 Å². The van der Waals surface area contributed by atoms with Crippen LogP contribution in [-0.2, 0) is 21.5 Å². The van der Waals surface area contributed by atoms with Crippen LogP contribution in [0, 0.1) is 6.92 Å². The quantitative estimate of drug-likeness (QED) is 0.820. The van der Waals surface area contributed by atoms with Crippen LogP contribution in [-0.4, -0.2) is 46.3 Å². The number of hydrogen-bond acceptors (Lipinski definition) is 5. The Hall–Kier alpha value is -3.14. The van der Waals surface area contributed by atoms with Crippen molar-refractivity contribution in [3.8, 4) is 5.75 Å². The third-order valence-electron chi connectivity index (χ3n) is 4.06. The summed E-state index contributed by atoms with van der Waals surface area (Å²) < 4.78 is 31.1. The fourth-order valence-corrected chi connectivity index (χ4v) is 3.51. The zero-order chi connectivity index (χ0) is 19.8. The van der Waals surface area contributed by atoms with Crippen LogP contribution in [0.25, 0.3) is 0 Å². The van der Waals surface area contributed by atoms with Crippen LogP contribution >= 0.6 is 0 Å². The highest BCUT2D eigenvalue weighted by molar-refractivity contribution is 7.88. The third kappa shape index (κ3) is 3.70. The van der Waals surface area contributed by atoms with Crippen molar-refractivity contribution in [2.45, 2.75) is 20.4 Å². The molecular formula is C17H19N5O4S. The van der Waals surface area contributed by atoms with Crippen molar-refractivity contribution < 1.29 is 18.3 Å². The predicted octanol–water partition coefficient (Wildman–Crippen LogP) is 1.42. The molecule has 0 atom stereocenters. The predicted molar refractivity (Wildman–Crippen MR) is 101 cm³/mol. The summed E-state index contributed by atoms with van der Waals surface area (Å²) in [7, 11) is -2.81. The van der Waals surface area contributed by atoms with E-state index in [-0.39, 0.29) is 17.2 Å². The molecule has 10 heteroatoms. The molecule has 1 aliphatic heterocycles. The molecule has 2 aromatic rings. The Labute approximate surface area is 156 Å². The minimum atomic E-state index is -4.06. The maximum absolute atomic E-state index is 12.7. The first kappa shape index (κ1) is 18.6. The molecule has 0 saturated heterocycles. The Kier molecular flexibility index (Phi) is 4.75. The number of hydrogen-bond donors (Lipinski definition) is 2. The first-order valence-electron chi connectivity index (χ1n) is 8.16. The van der Waals surface area contributed by atoms with E-state index in [1.807, 2.05) is 6.92 Å². The van der Waals surface area contributed by atoms with E-state index >= 15 is 0 Å². The van der Waals surface area contributed by atoms with Crippen LogP contribution in [0.15, 0.2) is 46.6 Å². The number of carbonyl (C=O) groups is 1. The minimum absolute atomic E-state index is 0.0174. The van der Waals surface area contributed by atoms with Gasteiger partial charge >= 0.3 is 10.2 Å². The van der Waals surface area contributed by atoms with Gasteiger partial charge in [0.25, 0.3) is 5.91 Å². The average molecular weight is 389 g/mol. The van der Waals surface area contributed by atoms with Gasteiger partial charge in [-0.25, -0.2) is 4.31 Å². The van der Waals surface area contributed by atoms with Gasteiger partial charge in [0.1, 0.15) is 11.4 Å². The van der Waals surface area contributed by atoms with Crippen molar-refractivity contribution in [2.24, 2.45) is 4.40 Å². The maximum atomic E-state index is 12.7. The zero-order valence-electron chi connectivity index (χ0n) is 15.0. The van der Waals surface area contributed by atoms with Crippen molar-refractivity contribution in [3.63, 3.8) is 0 Å². The second-order valence-corrected chi connectivity index (χ2v) is 7.57. The second-order valence-electron chi connectivity index (χ2n) is 5.94. The molecule has 27 heavy (non-hydrogen) atoms. The molecule has 0 bridgehead atoms. The number of rotatable bonds is 4. The Morgan fingerprint density at radius 2 is 2.07 bits per heavy atom. The Morgan fingerprint density at radius 1 is 1.33 bits per heavy atom. The van der Waals surface area contributed by atoms with Gasteiger partial charge in [0.2, 0.25) is 0 Å². The standard InChI is InChI=1S/C17H19N5O4S/c1-4-22-10-14(11(2)19-22)15-9-16(21(3)27(25,26)20-15)17(24)18-12-6-5-7-13(23)8-12/h5-10,23H,4H2,1-3H3,(H,18,24). The fraction of sp³-hybridized carbons (Fsp3) is 0.235. The van der Waals surface area contributed by atoms with Crippen LogP contribution in [0.3, 0.4) is 0 Å². The highest BCUT2D eigenvalue weighted by Crippen LogP contribution is 2.23. The highest BCUT2D eigenvalue weighted by Gasteiger charge is 2.31. The van der Waals surface area contributed by atoms with Crippen LogP contribution in [0.4, 0.5) is 5.69 Å². The number of aromatic nitrogens is 2. The van der Waals surface area contributed by atoms with E-state index in [1.165, 1.54) is 25.3 Å². The minimum Gasteiger partial charge on any atom is -0.508 e. The Balaban J connectivity index is 2.00. The molecule has 0 aliphatic carbocycles. The first-order chi connectivity index (χ1) is 12.7. The van der Waals surface area contributed by atoms with Crippen LogP contribution in [0.5, 0.6) is 5.75 Å². The molecule has 0 radical (unpaired) electrons. The van der Waals surface area contributed by atoms with Crippen LogP contribution in [0.1, 0.15) is 18.2 Å². The van der Waals surface area contributed by atoms with Gasteiger partial charge in [0, 0.05) is 37.1 Å². The van der Waals surface area contributed by atoms with Crippen molar-refractivity contribution in [1.82, 2.24) is 14.1 Å². The lowest BCUT2D eigenvalue weighted by atomic mass is 10.1. The van der Waals surface area contributed by atoms with Crippen LogP contribution in [0.2, 0.25) is 0 Å².